The van der Waals surface area contributed by atoms with Gasteiger partial charge in [-0.3, -0.25) is 14.6 Å². The summed E-state index contributed by atoms with van der Waals surface area (Å²) < 4.78 is 38.2. The Balaban J connectivity index is 2.34. The molecule has 1 heterocycles. The molecule has 0 bridgehead atoms. The van der Waals surface area contributed by atoms with Gasteiger partial charge in [-0.25, -0.2) is 4.98 Å². The number of alkyl halides is 3. The van der Waals surface area contributed by atoms with E-state index in [-0.39, 0.29) is 11.6 Å². The highest BCUT2D eigenvalue weighted by atomic mass is 19.4. The minimum atomic E-state index is -4.44. The first-order chi connectivity index (χ1) is 11.9. The third-order valence-corrected chi connectivity index (χ3v) is 3.71. The number of halogens is 3. The van der Waals surface area contributed by atoms with Gasteiger partial charge in [-0.1, -0.05) is 32.9 Å². The molecule has 1 aromatic carbocycles. The van der Waals surface area contributed by atoms with Gasteiger partial charge >= 0.3 is 6.18 Å². The summed E-state index contributed by atoms with van der Waals surface area (Å²) in [5.41, 5.74) is 3.89. The molecule has 0 fully saturated rings. The fourth-order valence-electron chi connectivity index (χ4n) is 2.46. The minimum Gasteiger partial charge on any atom is -0.369 e. The number of hydrogen-bond acceptors (Lipinski definition) is 4. The number of nitrogens with two attached hydrogens (primary N) is 1. The van der Waals surface area contributed by atoms with Gasteiger partial charge in [0.1, 0.15) is 5.69 Å². The van der Waals surface area contributed by atoms with Gasteiger partial charge in [0.2, 0.25) is 5.95 Å². The van der Waals surface area contributed by atoms with Gasteiger partial charge in [-0.05, 0) is 23.1 Å². The molecular weight excluding hydrogens is 349 g/mol. The fraction of sp³-hybridized carbons (Fsp3) is 0.353. The van der Waals surface area contributed by atoms with Crippen molar-refractivity contribution in [1.82, 2.24) is 15.3 Å². The average Bonchev–Trinajstić information content (AvgIpc) is 2.49. The number of carbonyl (C=O) groups is 1. The Hall–Kier alpha value is -2.84. The first kappa shape index (κ1) is 19.5. The van der Waals surface area contributed by atoms with E-state index in [4.69, 9.17) is 5.73 Å². The van der Waals surface area contributed by atoms with Crippen LogP contribution in [-0.4, -0.2) is 15.9 Å². The molecule has 2 rings (SSSR count). The number of aromatic nitrogens is 2. The van der Waals surface area contributed by atoms with Gasteiger partial charge in [0, 0.05) is 6.07 Å². The van der Waals surface area contributed by atoms with E-state index in [1.165, 1.54) is 12.1 Å². The molecule has 26 heavy (non-hydrogen) atoms. The largest absolute Gasteiger partial charge is 0.416 e. The molecular formula is C17H19F3N4O2. The number of nitrogen functional groups attached to an aromatic ring is 1. The van der Waals surface area contributed by atoms with E-state index >= 15 is 0 Å². The summed E-state index contributed by atoms with van der Waals surface area (Å²) in [5, 5.41) is 2.71. The summed E-state index contributed by atoms with van der Waals surface area (Å²) >= 11 is 0. The van der Waals surface area contributed by atoms with Crippen molar-refractivity contribution in [2.24, 2.45) is 5.41 Å². The predicted octanol–water partition coefficient (Wildman–Crippen LogP) is 2.89. The average molecular weight is 368 g/mol. The maximum absolute atomic E-state index is 12.7. The standard InChI is InChI=1S/C17H19F3N4O2/c1-16(2,3)13(9-4-6-10(7-5-9)17(18,19)20)24-14(26)11-8-12(25)23-15(21)22-11/h4-8,13H,1-3H3,(H,24,26)(H3,21,22,23,25). The molecule has 0 saturated carbocycles. The lowest BCUT2D eigenvalue weighted by Crippen LogP contribution is -2.37. The van der Waals surface area contributed by atoms with Crippen molar-refractivity contribution in [3.8, 4) is 0 Å². The third kappa shape index (κ3) is 4.62. The van der Waals surface area contributed by atoms with E-state index in [9.17, 15) is 22.8 Å². The van der Waals surface area contributed by atoms with Crippen LogP contribution in [0.25, 0.3) is 0 Å². The van der Waals surface area contributed by atoms with Crippen LogP contribution < -0.4 is 16.6 Å². The van der Waals surface area contributed by atoms with Crippen LogP contribution in [0.1, 0.15) is 48.4 Å². The van der Waals surface area contributed by atoms with E-state index in [2.05, 4.69) is 15.3 Å². The van der Waals surface area contributed by atoms with Gasteiger partial charge in [-0.2, -0.15) is 13.2 Å². The lowest BCUT2D eigenvalue weighted by molar-refractivity contribution is -0.137. The summed E-state index contributed by atoms with van der Waals surface area (Å²) in [6.07, 6.45) is -4.44. The summed E-state index contributed by atoms with van der Waals surface area (Å²) in [7, 11) is 0. The Morgan fingerprint density at radius 3 is 2.23 bits per heavy atom. The maximum atomic E-state index is 12.7. The number of rotatable bonds is 3. The number of aromatic amines is 1. The van der Waals surface area contributed by atoms with Crippen molar-refractivity contribution in [1.29, 1.82) is 0 Å². The molecule has 0 radical (unpaired) electrons. The zero-order valence-electron chi connectivity index (χ0n) is 14.4. The van der Waals surface area contributed by atoms with Gasteiger partial charge in [-0.15, -0.1) is 0 Å². The Labute approximate surface area is 147 Å². The second-order valence-electron chi connectivity index (χ2n) is 6.91. The van der Waals surface area contributed by atoms with Gasteiger partial charge in [0.15, 0.2) is 0 Å². The number of hydrogen-bond donors (Lipinski definition) is 3. The van der Waals surface area contributed by atoms with Gasteiger partial charge in [0.25, 0.3) is 11.5 Å². The fourth-order valence-corrected chi connectivity index (χ4v) is 2.46. The van der Waals surface area contributed by atoms with Crippen LogP contribution in [0.4, 0.5) is 19.1 Å². The molecule has 9 heteroatoms. The number of H-pyrrole nitrogens is 1. The Bertz CT molecular complexity index is 852. The third-order valence-electron chi connectivity index (χ3n) is 3.71. The zero-order valence-corrected chi connectivity index (χ0v) is 14.4. The summed E-state index contributed by atoms with van der Waals surface area (Å²) in [5.74, 6) is -0.855. The molecule has 0 aliphatic rings. The van der Waals surface area contributed by atoms with Crippen molar-refractivity contribution in [3.05, 3.63) is 57.5 Å². The second kappa shape index (κ2) is 6.81. The normalized spacial score (nSPS) is 13.3. The van der Waals surface area contributed by atoms with E-state index in [1.54, 1.807) is 0 Å². The number of benzene rings is 1. The Morgan fingerprint density at radius 2 is 1.77 bits per heavy atom. The van der Waals surface area contributed by atoms with Crippen LogP contribution >= 0.6 is 0 Å². The van der Waals surface area contributed by atoms with Crippen LogP contribution in [0, 0.1) is 5.41 Å². The van der Waals surface area contributed by atoms with Crippen molar-refractivity contribution in [3.63, 3.8) is 0 Å². The van der Waals surface area contributed by atoms with Crippen molar-refractivity contribution in [2.45, 2.75) is 33.0 Å². The quantitative estimate of drug-likeness (QED) is 0.775. The SMILES string of the molecule is CC(C)(C)C(NC(=O)c1cc(=O)[nH]c(N)n1)c1ccc(C(F)(F)F)cc1. The second-order valence-corrected chi connectivity index (χ2v) is 6.91. The highest BCUT2D eigenvalue weighted by molar-refractivity contribution is 5.92. The number of amides is 1. The minimum absolute atomic E-state index is 0.174. The molecule has 0 aliphatic carbocycles. The molecule has 1 unspecified atom stereocenters. The highest BCUT2D eigenvalue weighted by Crippen LogP contribution is 2.35. The van der Waals surface area contributed by atoms with E-state index in [0.717, 1.165) is 18.2 Å². The predicted molar refractivity (Wildman–Crippen MR) is 90.4 cm³/mol. The summed E-state index contributed by atoms with van der Waals surface area (Å²) in [4.78, 5) is 29.9. The maximum Gasteiger partial charge on any atom is 0.416 e. The molecule has 1 atom stereocenters. The van der Waals surface area contributed by atoms with Crippen LogP contribution in [0.5, 0.6) is 0 Å². The molecule has 1 aromatic heterocycles. The van der Waals surface area contributed by atoms with E-state index < -0.39 is 34.7 Å². The van der Waals surface area contributed by atoms with Crippen molar-refractivity contribution < 1.29 is 18.0 Å². The van der Waals surface area contributed by atoms with E-state index in [1.807, 2.05) is 20.8 Å². The number of nitrogens with zero attached hydrogens (tertiary/aromatic N) is 1. The highest BCUT2D eigenvalue weighted by Gasteiger charge is 2.32. The Morgan fingerprint density at radius 1 is 1.19 bits per heavy atom. The summed E-state index contributed by atoms with van der Waals surface area (Å²) in [6, 6.07) is 4.95. The van der Waals surface area contributed by atoms with Crippen LogP contribution in [0.15, 0.2) is 35.1 Å². The Kier molecular flexibility index (Phi) is 5.11. The van der Waals surface area contributed by atoms with Crippen LogP contribution in [0.3, 0.4) is 0 Å². The van der Waals surface area contributed by atoms with Crippen LogP contribution in [0.2, 0.25) is 0 Å². The first-order valence-corrected chi connectivity index (χ1v) is 7.73. The molecule has 4 N–H and O–H groups in total. The topological polar surface area (TPSA) is 101 Å². The molecule has 0 aliphatic heterocycles. The first-order valence-electron chi connectivity index (χ1n) is 7.73. The van der Waals surface area contributed by atoms with E-state index in [0.29, 0.717) is 5.56 Å². The summed E-state index contributed by atoms with van der Waals surface area (Å²) in [6.45, 7) is 5.49. The number of carbonyl (C=O) groups excluding carboxylic acids is 1. The zero-order chi connectivity index (χ0) is 19.7. The smallest absolute Gasteiger partial charge is 0.369 e. The molecule has 2 aromatic rings. The number of nitrogens with one attached hydrogen (secondary N) is 2. The lowest BCUT2D eigenvalue weighted by Gasteiger charge is -2.32. The monoisotopic (exact) mass is 368 g/mol. The molecule has 140 valence electrons. The molecule has 0 saturated heterocycles. The van der Waals surface area contributed by atoms with Gasteiger partial charge < -0.3 is 11.1 Å². The van der Waals surface area contributed by atoms with Crippen molar-refractivity contribution >= 4 is 11.9 Å². The lowest BCUT2D eigenvalue weighted by atomic mass is 9.82. The van der Waals surface area contributed by atoms with Gasteiger partial charge in [0.05, 0.1) is 11.6 Å². The van der Waals surface area contributed by atoms with Crippen molar-refractivity contribution in [2.75, 3.05) is 5.73 Å². The molecule has 0 spiro atoms. The number of anilines is 1. The molecule has 6 nitrogen and oxygen atoms in total. The van der Waals surface area contributed by atoms with Crippen LogP contribution in [-0.2, 0) is 6.18 Å². The molecule has 1 amide bonds.